The van der Waals surface area contributed by atoms with Gasteiger partial charge in [0.1, 0.15) is 5.82 Å². The van der Waals surface area contributed by atoms with Gasteiger partial charge in [-0.15, -0.1) is 0 Å². The van der Waals surface area contributed by atoms with Crippen molar-refractivity contribution < 1.29 is 13.9 Å². The number of esters is 1. The second-order valence-electron chi connectivity index (χ2n) is 4.14. The smallest absolute Gasteiger partial charge is 0.313 e. The maximum Gasteiger partial charge on any atom is 0.313 e. The normalized spacial score (nSPS) is 16.6. The number of carbonyl (C=O) groups is 1. The first kappa shape index (κ1) is 10.9. The lowest BCUT2D eigenvalue weighted by Gasteiger charge is -2.14. The van der Waals surface area contributed by atoms with Crippen LogP contribution in [-0.4, -0.2) is 19.6 Å². The highest BCUT2D eigenvalue weighted by Gasteiger charge is 2.50. The molecule has 0 atom stereocenters. The van der Waals surface area contributed by atoms with Gasteiger partial charge in [-0.3, -0.25) is 4.79 Å². The van der Waals surface area contributed by atoms with Crippen LogP contribution in [0.15, 0.2) is 24.3 Å². The number of hydrogen-bond acceptors (Lipinski definition) is 3. The molecular weight excluding hydrogens is 209 g/mol. The average Bonchev–Trinajstić information content (AvgIpc) is 3.07. The standard InChI is InChI=1S/C12H14FNO2/c1-16-11(15)12(5-6-12)8-14-10-4-2-3-9(13)7-10/h2-4,7,14H,5-6,8H2,1H3. The summed E-state index contributed by atoms with van der Waals surface area (Å²) in [6, 6.07) is 6.21. The number of benzene rings is 1. The Morgan fingerprint density at radius 3 is 2.88 bits per heavy atom. The van der Waals surface area contributed by atoms with E-state index in [-0.39, 0.29) is 17.2 Å². The number of nitrogens with one attached hydrogen (secondary N) is 1. The van der Waals surface area contributed by atoms with E-state index in [0.29, 0.717) is 12.2 Å². The van der Waals surface area contributed by atoms with E-state index < -0.39 is 0 Å². The molecule has 0 saturated heterocycles. The van der Waals surface area contributed by atoms with Crippen molar-refractivity contribution in [2.45, 2.75) is 12.8 Å². The minimum atomic E-state index is -0.388. The molecule has 0 bridgehead atoms. The van der Waals surface area contributed by atoms with Gasteiger partial charge < -0.3 is 10.1 Å². The van der Waals surface area contributed by atoms with Gasteiger partial charge in [-0.1, -0.05) is 6.07 Å². The number of carbonyl (C=O) groups excluding carboxylic acids is 1. The Balaban J connectivity index is 1.95. The van der Waals surface area contributed by atoms with Crippen LogP contribution < -0.4 is 5.32 Å². The highest BCUT2D eigenvalue weighted by molar-refractivity contribution is 5.80. The van der Waals surface area contributed by atoms with Crippen LogP contribution in [0.4, 0.5) is 10.1 Å². The zero-order valence-electron chi connectivity index (χ0n) is 9.13. The number of halogens is 1. The molecule has 3 nitrogen and oxygen atoms in total. The third kappa shape index (κ3) is 2.15. The Labute approximate surface area is 93.6 Å². The Bertz CT molecular complexity index is 402. The molecule has 1 aliphatic rings. The highest BCUT2D eigenvalue weighted by atomic mass is 19.1. The van der Waals surface area contributed by atoms with Crippen LogP contribution in [0.2, 0.25) is 0 Å². The van der Waals surface area contributed by atoms with Gasteiger partial charge in [0.15, 0.2) is 0 Å². The topological polar surface area (TPSA) is 38.3 Å². The molecule has 0 heterocycles. The molecule has 1 N–H and O–H groups in total. The highest BCUT2D eigenvalue weighted by Crippen LogP contribution is 2.46. The lowest BCUT2D eigenvalue weighted by Crippen LogP contribution is -2.25. The van der Waals surface area contributed by atoms with Crippen LogP contribution in [0, 0.1) is 11.2 Å². The minimum absolute atomic E-state index is 0.184. The van der Waals surface area contributed by atoms with E-state index in [1.54, 1.807) is 12.1 Å². The number of hydrogen-bond donors (Lipinski definition) is 1. The van der Waals surface area contributed by atoms with Crippen LogP contribution in [0.5, 0.6) is 0 Å². The quantitative estimate of drug-likeness (QED) is 0.795. The fraction of sp³-hybridized carbons (Fsp3) is 0.417. The molecule has 16 heavy (non-hydrogen) atoms. The van der Waals surface area contributed by atoms with E-state index in [9.17, 15) is 9.18 Å². The molecule has 0 amide bonds. The van der Waals surface area contributed by atoms with Gasteiger partial charge in [-0.05, 0) is 31.0 Å². The van der Waals surface area contributed by atoms with Crippen molar-refractivity contribution in [3.8, 4) is 0 Å². The predicted octanol–water partition coefficient (Wildman–Crippen LogP) is 2.19. The third-order valence-corrected chi connectivity index (χ3v) is 2.93. The Kier molecular flexibility index (Phi) is 2.81. The summed E-state index contributed by atoms with van der Waals surface area (Å²) in [7, 11) is 1.39. The molecule has 1 fully saturated rings. The van der Waals surface area contributed by atoms with Crippen LogP contribution in [0.3, 0.4) is 0 Å². The molecule has 1 aromatic carbocycles. The van der Waals surface area contributed by atoms with E-state index in [1.807, 2.05) is 0 Å². The van der Waals surface area contributed by atoms with Crippen molar-refractivity contribution >= 4 is 11.7 Å². The van der Waals surface area contributed by atoms with Crippen LogP contribution >= 0.6 is 0 Å². The summed E-state index contributed by atoms with van der Waals surface area (Å²) < 4.78 is 17.6. The van der Waals surface area contributed by atoms with Crippen LogP contribution in [-0.2, 0) is 9.53 Å². The summed E-state index contributed by atoms with van der Waals surface area (Å²) in [5, 5.41) is 3.06. The maximum absolute atomic E-state index is 12.9. The van der Waals surface area contributed by atoms with Gasteiger partial charge in [0.05, 0.1) is 12.5 Å². The van der Waals surface area contributed by atoms with Gasteiger partial charge in [-0.25, -0.2) is 4.39 Å². The number of anilines is 1. The van der Waals surface area contributed by atoms with Gasteiger partial charge in [-0.2, -0.15) is 0 Å². The van der Waals surface area contributed by atoms with Crippen molar-refractivity contribution in [2.24, 2.45) is 5.41 Å². The first-order chi connectivity index (χ1) is 7.66. The van der Waals surface area contributed by atoms with Gasteiger partial charge >= 0.3 is 5.97 Å². The fourth-order valence-electron chi connectivity index (χ4n) is 1.69. The maximum atomic E-state index is 12.9. The Morgan fingerprint density at radius 1 is 1.56 bits per heavy atom. The molecule has 4 heteroatoms. The van der Waals surface area contributed by atoms with E-state index >= 15 is 0 Å². The Morgan fingerprint density at radius 2 is 2.31 bits per heavy atom. The second-order valence-corrected chi connectivity index (χ2v) is 4.14. The molecule has 0 aromatic heterocycles. The van der Waals surface area contributed by atoms with Crippen molar-refractivity contribution in [3.05, 3.63) is 30.1 Å². The van der Waals surface area contributed by atoms with Crippen molar-refractivity contribution in [1.82, 2.24) is 0 Å². The number of ether oxygens (including phenoxy) is 1. The van der Waals surface area contributed by atoms with Crippen molar-refractivity contribution in [1.29, 1.82) is 0 Å². The van der Waals surface area contributed by atoms with E-state index in [0.717, 1.165) is 12.8 Å². The molecule has 1 saturated carbocycles. The second kappa shape index (κ2) is 4.12. The third-order valence-electron chi connectivity index (χ3n) is 2.93. The summed E-state index contributed by atoms with van der Waals surface area (Å²) in [4.78, 5) is 11.4. The largest absolute Gasteiger partial charge is 0.469 e. The predicted molar refractivity (Wildman–Crippen MR) is 58.6 cm³/mol. The average molecular weight is 223 g/mol. The fourth-order valence-corrected chi connectivity index (χ4v) is 1.69. The molecule has 0 unspecified atom stereocenters. The molecule has 0 aliphatic heterocycles. The van der Waals surface area contributed by atoms with E-state index in [1.165, 1.54) is 19.2 Å². The zero-order chi connectivity index (χ0) is 11.6. The summed E-state index contributed by atoms with van der Waals surface area (Å²) in [6.45, 7) is 0.503. The van der Waals surface area contributed by atoms with Crippen LogP contribution in [0.25, 0.3) is 0 Å². The number of methoxy groups -OCH3 is 1. The van der Waals surface area contributed by atoms with Gasteiger partial charge in [0.25, 0.3) is 0 Å². The summed E-state index contributed by atoms with van der Waals surface area (Å²) in [6.07, 6.45) is 1.67. The summed E-state index contributed by atoms with van der Waals surface area (Å²) in [5.74, 6) is -0.468. The number of rotatable bonds is 4. The van der Waals surface area contributed by atoms with Crippen LogP contribution in [0.1, 0.15) is 12.8 Å². The van der Waals surface area contributed by atoms with E-state index in [4.69, 9.17) is 4.74 Å². The van der Waals surface area contributed by atoms with Gasteiger partial charge in [0, 0.05) is 12.2 Å². The van der Waals surface area contributed by atoms with Crippen molar-refractivity contribution in [2.75, 3.05) is 19.0 Å². The zero-order valence-corrected chi connectivity index (χ0v) is 9.13. The first-order valence-corrected chi connectivity index (χ1v) is 5.24. The SMILES string of the molecule is COC(=O)C1(CNc2cccc(F)c2)CC1. The lowest BCUT2D eigenvalue weighted by atomic mass is 10.1. The monoisotopic (exact) mass is 223 g/mol. The molecule has 2 rings (SSSR count). The summed E-state index contributed by atoms with van der Waals surface area (Å²) in [5.41, 5.74) is 0.302. The summed E-state index contributed by atoms with van der Waals surface area (Å²) >= 11 is 0. The lowest BCUT2D eigenvalue weighted by molar-refractivity contribution is -0.146. The first-order valence-electron chi connectivity index (χ1n) is 5.24. The van der Waals surface area contributed by atoms with Crippen molar-refractivity contribution in [3.63, 3.8) is 0 Å². The molecule has 1 aromatic rings. The minimum Gasteiger partial charge on any atom is -0.469 e. The molecule has 0 spiro atoms. The molecular formula is C12H14FNO2. The Hall–Kier alpha value is -1.58. The molecule has 1 aliphatic carbocycles. The molecule has 86 valence electrons. The molecule has 0 radical (unpaired) electrons. The van der Waals surface area contributed by atoms with E-state index in [2.05, 4.69) is 5.32 Å². The van der Waals surface area contributed by atoms with Gasteiger partial charge in [0.2, 0.25) is 0 Å².